The number of thiophene rings is 1. The van der Waals surface area contributed by atoms with Gasteiger partial charge in [0.15, 0.2) is 0 Å². The van der Waals surface area contributed by atoms with Gasteiger partial charge in [0.1, 0.15) is 4.21 Å². The molecule has 0 bridgehead atoms. The van der Waals surface area contributed by atoms with E-state index in [1.807, 2.05) is 6.07 Å². The van der Waals surface area contributed by atoms with Crippen LogP contribution in [-0.4, -0.2) is 49.7 Å². The first kappa shape index (κ1) is 26.8. The van der Waals surface area contributed by atoms with Crippen LogP contribution >= 0.6 is 22.9 Å². The van der Waals surface area contributed by atoms with Crippen LogP contribution in [0.3, 0.4) is 0 Å². The van der Waals surface area contributed by atoms with Crippen LogP contribution in [0.25, 0.3) is 0 Å². The lowest BCUT2D eigenvalue weighted by atomic mass is 9.87. The molecule has 6 nitrogen and oxygen atoms in total. The van der Waals surface area contributed by atoms with Crippen LogP contribution in [0.2, 0.25) is 5.02 Å². The SMILES string of the molecule is CC(C)(C)c1ccc(CN2CCN(S(=O)(=O)c3ccc(Cc4cc(C(N)=O)ccc4Cl)s3)CC2)cc1. The van der Waals surface area contributed by atoms with Gasteiger partial charge in [0.05, 0.1) is 0 Å². The number of hydrogen-bond donors (Lipinski definition) is 1. The van der Waals surface area contributed by atoms with Gasteiger partial charge in [-0.2, -0.15) is 4.31 Å². The van der Waals surface area contributed by atoms with Crippen LogP contribution in [0.5, 0.6) is 0 Å². The molecule has 9 heteroatoms. The van der Waals surface area contributed by atoms with Crippen molar-refractivity contribution in [1.29, 1.82) is 0 Å². The van der Waals surface area contributed by atoms with Crippen LogP contribution in [0, 0.1) is 0 Å². The van der Waals surface area contributed by atoms with Gasteiger partial charge in [0, 0.05) is 54.6 Å². The van der Waals surface area contributed by atoms with Crippen LogP contribution in [-0.2, 0) is 28.4 Å². The van der Waals surface area contributed by atoms with Gasteiger partial charge in [0.2, 0.25) is 5.91 Å². The van der Waals surface area contributed by atoms with E-state index in [9.17, 15) is 13.2 Å². The fourth-order valence-corrected chi connectivity index (χ4v) is 7.41. The Kier molecular flexibility index (Phi) is 7.92. The largest absolute Gasteiger partial charge is 0.366 e. The third-order valence-corrected chi connectivity index (χ3v) is 10.3. The number of carbonyl (C=O) groups is 1. The van der Waals surface area contributed by atoms with Gasteiger partial charge in [0.25, 0.3) is 10.0 Å². The highest BCUT2D eigenvalue weighted by atomic mass is 35.5. The molecule has 2 N–H and O–H groups in total. The maximum Gasteiger partial charge on any atom is 0.252 e. The van der Waals surface area contributed by atoms with Gasteiger partial charge >= 0.3 is 0 Å². The third kappa shape index (κ3) is 6.18. The molecule has 0 aliphatic carbocycles. The van der Waals surface area contributed by atoms with E-state index < -0.39 is 15.9 Å². The molecular weight excluding hydrogens is 514 g/mol. The number of halogens is 1. The van der Waals surface area contributed by atoms with E-state index in [2.05, 4.69) is 49.9 Å². The second-order valence-corrected chi connectivity index (χ2v) is 13.9. The normalized spacial score (nSPS) is 15.8. The predicted octanol–water partition coefficient (Wildman–Crippen LogP) is 4.90. The fraction of sp³-hybridized carbons (Fsp3) is 0.370. The molecule has 1 aromatic heterocycles. The monoisotopic (exact) mass is 545 g/mol. The second kappa shape index (κ2) is 10.6. The molecule has 36 heavy (non-hydrogen) atoms. The number of piperazine rings is 1. The zero-order chi connectivity index (χ0) is 26.1. The molecule has 4 rings (SSSR count). The Morgan fingerprint density at radius 3 is 2.28 bits per heavy atom. The predicted molar refractivity (Wildman–Crippen MR) is 146 cm³/mol. The minimum Gasteiger partial charge on any atom is -0.366 e. The maximum absolute atomic E-state index is 13.3. The lowest BCUT2D eigenvalue weighted by Gasteiger charge is -2.33. The summed E-state index contributed by atoms with van der Waals surface area (Å²) in [5.74, 6) is -0.525. The molecule has 2 aromatic carbocycles. The van der Waals surface area contributed by atoms with Crippen molar-refractivity contribution in [1.82, 2.24) is 9.21 Å². The van der Waals surface area contributed by atoms with E-state index in [0.29, 0.717) is 47.4 Å². The van der Waals surface area contributed by atoms with Crippen molar-refractivity contribution in [3.05, 3.63) is 86.8 Å². The number of hydrogen-bond acceptors (Lipinski definition) is 5. The van der Waals surface area contributed by atoms with E-state index in [4.69, 9.17) is 17.3 Å². The van der Waals surface area contributed by atoms with Crippen molar-refractivity contribution >= 4 is 38.9 Å². The standard InChI is InChI=1S/C27H32ClN3O3S2/c1-27(2,3)22-7-4-19(5-8-22)18-30-12-14-31(15-13-30)36(33,34)25-11-9-23(35-25)17-21-16-20(26(29)32)6-10-24(21)28/h4-11,16H,12-15,17-18H2,1-3H3,(H2,29,32). The highest BCUT2D eigenvalue weighted by Crippen LogP contribution is 2.30. The minimum atomic E-state index is -3.57. The zero-order valence-corrected chi connectivity index (χ0v) is 23.2. The summed E-state index contributed by atoms with van der Waals surface area (Å²) in [6, 6.07) is 17.1. The van der Waals surface area contributed by atoms with E-state index in [1.54, 1.807) is 28.6 Å². The quantitative estimate of drug-likeness (QED) is 0.458. The highest BCUT2D eigenvalue weighted by molar-refractivity contribution is 7.91. The van der Waals surface area contributed by atoms with Crippen LogP contribution in [0.15, 0.2) is 58.8 Å². The Hall–Kier alpha value is -2.23. The molecule has 2 heterocycles. The molecule has 1 amide bonds. The van der Waals surface area contributed by atoms with E-state index in [0.717, 1.165) is 17.0 Å². The number of nitrogens with zero attached hydrogens (tertiary/aromatic N) is 2. The number of primary amides is 1. The van der Waals surface area contributed by atoms with Gasteiger partial charge in [-0.3, -0.25) is 9.69 Å². The smallest absolute Gasteiger partial charge is 0.252 e. The minimum absolute atomic E-state index is 0.125. The third-order valence-electron chi connectivity index (χ3n) is 6.48. The number of rotatable bonds is 7. The van der Waals surface area contributed by atoms with E-state index >= 15 is 0 Å². The first-order valence-corrected chi connectivity index (χ1v) is 14.6. The Morgan fingerprint density at radius 1 is 1.00 bits per heavy atom. The van der Waals surface area contributed by atoms with Gasteiger partial charge in [-0.15, -0.1) is 11.3 Å². The summed E-state index contributed by atoms with van der Waals surface area (Å²) in [7, 11) is -3.57. The number of amides is 1. The summed E-state index contributed by atoms with van der Waals surface area (Å²) in [6.07, 6.45) is 0.432. The summed E-state index contributed by atoms with van der Waals surface area (Å²) in [6.45, 7) is 9.72. The molecule has 0 radical (unpaired) electrons. The first-order chi connectivity index (χ1) is 16.9. The molecule has 1 aliphatic heterocycles. The molecular formula is C27H32ClN3O3S2. The molecule has 0 atom stereocenters. The van der Waals surface area contributed by atoms with Gasteiger partial charge in [-0.1, -0.05) is 56.6 Å². The van der Waals surface area contributed by atoms with Gasteiger partial charge in [-0.25, -0.2) is 8.42 Å². The number of sulfonamides is 1. The Bertz CT molecular complexity index is 1340. The zero-order valence-electron chi connectivity index (χ0n) is 20.8. The Balaban J connectivity index is 1.37. The fourth-order valence-electron chi connectivity index (χ4n) is 4.27. The van der Waals surface area contributed by atoms with Crippen LogP contribution < -0.4 is 5.73 Å². The summed E-state index contributed by atoms with van der Waals surface area (Å²) in [5.41, 5.74) is 9.16. The lowest BCUT2D eigenvalue weighted by Crippen LogP contribution is -2.48. The van der Waals surface area contributed by atoms with Crippen molar-refractivity contribution in [3.63, 3.8) is 0 Å². The number of carbonyl (C=O) groups excluding carboxylic acids is 1. The van der Waals surface area contributed by atoms with Crippen molar-refractivity contribution in [2.24, 2.45) is 5.73 Å². The van der Waals surface area contributed by atoms with E-state index in [-0.39, 0.29) is 5.41 Å². The second-order valence-electron chi connectivity index (χ2n) is 10.2. The molecule has 1 aliphatic rings. The van der Waals surface area contributed by atoms with Gasteiger partial charge < -0.3 is 5.73 Å². The van der Waals surface area contributed by atoms with Crippen molar-refractivity contribution in [2.75, 3.05) is 26.2 Å². The average molecular weight is 546 g/mol. The van der Waals surface area contributed by atoms with E-state index in [1.165, 1.54) is 22.5 Å². The Morgan fingerprint density at radius 2 is 1.67 bits per heavy atom. The summed E-state index contributed by atoms with van der Waals surface area (Å²) < 4.78 is 28.5. The summed E-state index contributed by atoms with van der Waals surface area (Å²) >= 11 is 7.53. The number of benzene rings is 2. The molecule has 0 unspecified atom stereocenters. The summed E-state index contributed by atoms with van der Waals surface area (Å²) in [4.78, 5) is 14.6. The molecule has 1 fully saturated rings. The highest BCUT2D eigenvalue weighted by Gasteiger charge is 2.30. The molecule has 0 spiro atoms. The van der Waals surface area contributed by atoms with Crippen molar-refractivity contribution in [3.8, 4) is 0 Å². The van der Waals surface area contributed by atoms with Crippen LogP contribution in [0.4, 0.5) is 0 Å². The topological polar surface area (TPSA) is 83.7 Å². The maximum atomic E-state index is 13.3. The molecule has 1 saturated heterocycles. The Labute approximate surface area is 222 Å². The molecule has 0 saturated carbocycles. The van der Waals surface area contributed by atoms with Crippen molar-refractivity contribution in [2.45, 2.75) is 43.4 Å². The first-order valence-electron chi connectivity index (χ1n) is 11.9. The molecule has 3 aromatic rings. The van der Waals surface area contributed by atoms with Crippen molar-refractivity contribution < 1.29 is 13.2 Å². The summed E-state index contributed by atoms with van der Waals surface area (Å²) in [5, 5.41) is 0.516. The average Bonchev–Trinajstić information content (AvgIpc) is 3.30. The van der Waals surface area contributed by atoms with Gasteiger partial charge in [-0.05, 0) is 52.4 Å². The lowest BCUT2D eigenvalue weighted by molar-refractivity contribution is 0.1000. The number of nitrogens with two attached hydrogens (primary N) is 1. The van der Waals surface area contributed by atoms with Crippen LogP contribution in [0.1, 0.15) is 52.7 Å². The molecule has 192 valence electrons.